The van der Waals surface area contributed by atoms with Crippen LogP contribution in [-0.2, 0) is 0 Å². The van der Waals surface area contributed by atoms with Crippen LogP contribution in [0, 0.1) is 0 Å². The molecule has 194 valence electrons. The minimum atomic E-state index is 0. The van der Waals surface area contributed by atoms with Gasteiger partial charge in [-0.3, -0.25) is 4.90 Å². The molecule has 0 amide bonds. The summed E-state index contributed by atoms with van der Waals surface area (Å²) in [7, 11) is 0. The summed E-state index contributed by atoms with van der Waals surface area (Å²) >= 11 is 0. The van der Waals surface area contributed by atoms with Gasteiger partial charge in [-0.05, 0) is 64.9 Å². The topological polar surface area (TPSA) is 65.0 Å². The highest BCUT2D eigenvalue weighted by Crippen LogP contribution is 2.36. The number of halogens is 2. The third-order valence-corrected chi connectivity index (χ3v) is 6.19. The van der Waals surface area contributed by atoms with Gasteiger partial charge in [0.15, 0.2) is 0 Å². The number of nitrogens with zero attached hydrogens (tertiary/aromatic N) is 1. The molecule has 0 aliphatic carbocycles. The number of aliphatic hydroxyl groups excluding tert-OH is 1. The lowest BCUT2D eigenvalue weighted by Crippen LogP contribution is -2.44. The van der Waals surface area contributed by atoms with Crippen molar-refractivity contribution in [1.29, 1.82) is 0 Å². The molecule has 1 aliphatic heterocycles. The molecule has 1 aliphatic rings. The number of hydrogen-bond donors (Lipinski definition) is 3. The summed E-state index contributed by atoms with van der Waals surface area (Å²) in [6.45, 7) is 5.97. The number of hydrogen-bond acceptors (Lipinski definition) is 5. The second-order valence-corrected chi connectivity index (χ2v) is 8.56. The van der Waals surface area contributed by atoms with Crippen molar-refractivity contribution in [3.8, 4) is 11.5 Å². The van der Waals surface area contributed by atoms with Crippen molar-refractivity contribution in [3.63, 3.8) is 0 Å². The second kappa shape index (κ2) is 15.5. The zero-order valence-corrected chi connectivity index (χ0v) is 22.1. The Hall–Kier alpha value is -2.54. The van der Waals surface area contributed by atoms with Crippen LogP contribution in [0.1, 0.15) is 29.5 Å². The van der Waals surface area contributed by atoms with E-state index in [-0.39, 0.29) is 37.2 Å². The first-order chi connectivity index (χ1) is 16.7. The molecule has 3 aromatic carbocycles. The minimum absolute atomic E-state index is 0. The number of ether oxygens (including phenoxy) is 1. The fourth-order valence-electron chi connectivity index (χ4n) is 4.40. The van der Waals surface area contributed by atoms with E-state index in [4.69, 9.17) is 4.74 Å². The number of aromatic hydroxyl groups is 1. The van der Waals surface area contributed by atoms with Crippen molar-refractivity contribution in [2.24, 2.45) is 0 Å². The number of allylic oxidation sites excluding steroid dienone is 1. The molecule has 7 heteroatoms. The number of phenolic OH excluding ortho intramolecular Hbond substituents is 1. The Morgan fingerprint density at radius 3 is 2.03 bits per heavy atom. The quantitative estimate of drug-likeness (QED) is 0.312. The van der Waals surface area contributed by atoms with Crippen LogP contribution in [0.25, 0.3) is 11.1 Å². The third-order valence-electron chi connectivity index (χ3n) is 6.19. The molecule has 1 fully saturated rings. The van der Waals surface area contributed by atoms with E-state index in [1.54, 1.807) is 12.1 Å². The Labute approximate surface area is 226 Å². The first-order valence-electron chi connectivity index (χ1n) is 12.1. The van der Waals surface area contributed by atoms with Crippen LogP contribution in [0.2, 0.25) is 0 Å². The van der Waals surface area contributed by atoms with Crippen LogP contribution in [-0.4, -0.2) is 61.1 Å². The standard InChI is InChI=1S/C29H34N2O3.2ClH/c32-21-4-7-28(23-5-2-1-3-6-23)29(24-8-12-26(33)13-9-24)25-10-14-27(15-11-25)34-22-20-31-18-16-30-17-19-31;;/h1-3,5-6,8-15,30,32-33H,4,7,16-22H2;2*1H/b29-28-;;. The predicted octanol–water partition coefficient (Wildman–Crippen LogP) is 5.25. The van der Waals surface area contributed by atoms with Crippen molar-refractivity contribution < 1.29 is 14.9 Å². The maximum absolute atomic E-state index is 9.85. The van der Waals surface area contributed by atoms with Gasteiger partial charge in [0.1, 0.15) is 18.1 Å². The van der Waals surface area contributed by atoms with E-state index in [1.807, 2.05) is 42.5 Å². The van der Waals surface area contributed by atoms with E-state index in [0.29, 0.717) is 13.0 Å². The molecule has 0 saturated carbocycles. The minimum Gasteiger partial charge on any atom is -0.508 e. The molecule has 0 radical (unpaired) electrons. The van der Waals surface area contributed by atoms with Gasteiger partial charge in [0, 0.05) is 39.3 Å². The number of benzene rings is 3. The number of aliphatic hydroxyl groups is 1. The largest absolute Gasteiger partial charge is 0.508 e. The van der Waals surface area contributed by atoms with Gasteiger partial charge in [0.05, 0.1) is 0 Å². The maximum Gasteiger partial charge on any atom is 0.119 e. The molecular formula is C29H36Cl2N2O3. The summed E-state index contributed by atoms with van der Waals surface area (Å²) in [5.41, 5.74) is 5.52. The second-order valence-electron chi connectivity index (χ2n) is 8.56. The molecule has 0 spiro atoms. The molecule has 0 aromatic heterocycles. The van der Waals surface area contributed by atoms with Crippen molar-refractivity contribution in [2.75, 3.05) is 45.9 Å². The van der Waals surface area contributed by atoms with Gasteiger partial charge in [0.25, 0.3) is 0 Å². The van der Waals surface area contributed by atoms with Crippen LogP contribution in [0.15, 0.2) is 78.9 Å². The average molecular weight is 532 g/mol. The lowest BCUT2D eigenvalue weighted by atomic mass is 9.87. The average Bonchev–Trinajstić information content (AvgIpc) is 2.89. The van der Waals surface area contributed by atoms with E-state index in [1.165, 1.54) is 5.57 Å². The Bertz CT molecular complexity index is 1050. The van der Waals surface area contributed by atoms with Crippen molar-refractivity contribution in [3.05, 3.63) is 95.6 Å². The normalized spacial score (nSPS) is 14.2. The van der Waals surface area contributed by atoms with E-state index in [2.05, 4.69) is 34.5 Å². The summed E-state index contributed by atoms with van der Waals surface area (Å²) < 4.78 is 6.03. The highest BCUT2D eigenvalue weighted by atomic mass is 35.5. The van der Waals surface area contributed by atoms with Gasteiger partial charge in [-0.25, -0.2) is 0 Å². The number of phenols is 1. The molecule has 0 unspecified atom stereocenters. The lowest BCUT2D eigenvalue weighted by molar-refractivity contribution is 0.191. The highest BCUT2D eigenvalue weighted by molar-refractivity contribution is 5.98. The lowest BCUT2D eigenvalue weighted by Gasteiger charge is -2.26. The Morgan fingerprint density at radius 1 is 0.806 bits per heavy atom. The molecule has 36 heavy (non-hydrogen) atoms. The first-order valence-corrected chi connectivity index (χ1v) is 12.1. The zero-order valence-electron chi connectivity index (χ0n) is 20.4. The number of rotatable bonds is 10. The molecular weight excluding hydrogens is 495 g/mol. The van der Waals surface area contributed by atoms with Crippen LogP contribution >= 0.6 is 24.8 Å². The number of piperazine rings is 1. The fraction of sp³-hybridized carbons (Fsp3) is 0.310. The monoisotopic (exact) mass is 530 g/mol. The van der Waals surface area contributed by atoms with Gasteiger partial charge in [0.2, 0.25) is 0 Å². The Balaban J connectivity index is 0.00000228. The molecule has 0 bridgehead atoms. The molecule has 1 saturated heterocycles. The third kappa shape index (κ3) is 8.26. The fourth-order valence-corrected chi connectivity index (χ4v) is 4.40. The van der Waals surface area contributed by atoms with Gasteiger partial charge in [-0.1, -0.05) is 54.6 Å². The van der Waals surface area contributed by atoms with Crippen molar-refractivity contribution >= 4 is 36.0 Å². The van der Waals surface area contributed by atoms with Crippen molar-refractivity contribution in [2.45, 2.75) is 12.8 Å². The van der Waals surface area contributed by atoms with E-state index >= 15 is 0 Å². The Morgan fingerprint density at radius 2 is 1.42 bits per heavy atom. The van der Waals surface area contributed by atoms with Crippen LogP contribution < -0.4 is 10.1 Å². The number of nitrogens with one attached hydrogen (secondary N) is 1. The van der Waals surface area contributed by atoms with Crippen LogP contribution in [0.3, 0.4) is 0 Å². The molecule has 3 N–H and O–H groups in total. The Kier molecular flexibility index (Phi) is 12.8. The molecule has 4 rings (SSSR count). The molecule has 0 atom stereocenters. The molecule has 3 aromatic rings. The van der Waals surface area contributed by atoms with Gasteiger partial charge >= 0.3 is 0 Å². The van der Waals surface area contributed by atoms with Crippen LogP contribution in [0.4, 0.5) is 0 Å². The summed E-state index contributed by atoms with van der Waals surface area (Å²) in [6.07, 6.45) is 1.43. The van der Waals surface area contributed by atoms with Crippen molar-refractivity contribution in [1.82, 2.24) is 10.2 Å². The van der Waals surface area contributed by atoms with Gasteiger partial charge < -0.3 is 20.3 Å². The summed E-state index contributed by atoms with van der Waals surface area (Å²) in [5, 5.41) is 22.8. The smallest absolute Gasteiger partial charge is 0.119 e. The summed E-state index contributed by atoms with van der Waals surface area (Å²) in [5.74, 6) is 1.11. The molecule has 5 nitrogen and oxygen atoms in total. The molecule has 1 heterocycles. The van der Waals surface area contributed by atoms with Gasteiger partial charge in [-0.2, -0.15) is 0 Å². The SMILES string of the molecule is Cl.Cl.OCCC/C(=C(\c1ccc(O)cc1)c1ccc(OCCN2CCNCC2)cc1)c1ccccc1. The van der Waals surface area contributed by atoms with E-state index in [0.717, 1.165) is 67.2 Å². The predicted molar refractivity (Wildman–Crippen MR) is 153 cm³/mol. The zero-order chi connectivity index (χ0) is 23.6. The maximum atomic E-state index is 9.85. The van der Waals surface area contributed by atoms with Gasteiger partial charge in [-0.15, -0.1) is 24.8 Å². The summed E-state index contributed by atoms with van der Waals surface area (Å²) in [6, 6.07) is 25.9. The van der Waals surface area contributed by atoms with Crippen LogP contribution in [0.5, 0.6) is 11.5 Å². The highest BCUT2D eigenvalue weighted by Gasteiger charge is 2.15. The van der Waals surface area contributed by atoms with E-state index in [9.17, 15) is 10.2 Å². The first kappa shape index (κ1) is 29.7. The summed E-state index contributed by atoms with van der Waals surface area (Å²) in [4.78, 5) is 2.42. The van der Waals surface area contributed by atoms with E-state index < -0.39 is 0 Å².